The molecule has 3 aromatic carbocycles. The fraction of sp³-hybridized carbons (Fsp3) is 0.267. The van der Waals surface area contributed by atoms with Crippen LogP contribution < -0.4 is 23.8 Å². The molecule has 0 bridgehead atoms. The summed E-state index contributed by atoms with van der Waals surface area (Å²) < 4.78 is 22.2. The lowest BCUT2D eigenvalue weighted by Gasteiger charge is -2.26. The van der Waals surface area contributed by atoms with Crippen LogP contribution in [0.1, 0.15) is 36.6 Å². The van der Waals surface area contributed by atoms with E-state index in [1.807, 2.05) is 19.9 Å². The van der Waals surface area contributed by atoms with Crippen LogP contribution in [-0.2, 0) is 16.0 Å². The molecule has 5 rings (SSSR count). The summed E-state index contributed by atoms with van der Waals surface area (Å²) in [5.74, 6) is 0.562. The van der Waals surface area contributed by atoms with E-state index in [1.54, 1.807) is 54.6 Å². The molecule has 2 unspecified atom stereocenters. The van der Waals surface area contributed by atoms with Crippen LogP contribution in [-0.4, -0.2) is 43.7 Å². The van der Waals surface area contributed by atoms with Crippen LogP contribution in [0.25, 0.3) is 5.76 Å². The second kappa shape index (κ2) is 10.1. The minimum Gasteiger partial charge on any atom is -0.507 e. The second-order valence-corrected chi connectivity index (χ2v) is 9.17. The van der Waals surface area contributed by atoms with Gasteiger partial charge in [-0.3, -0.25) is 14.5 Å². The van der Waals surface area contributed by atoms with Crippen molar-refractivity contribution in [2.75, 3.05) is 25.7 Å². The number of ether oxygens (including phenoxy) is 4. The van der Waals surface area contributed by atoms with Gasteiger partial charge in [0.15, 0.2) is 11.5 Å². The van der Waals surface area contributed by atoms with Crippen LogP contribution >= 0.6 is 0 Å². The first-order chi connectivity index (χ1) is 18.4. The summed E-state index contributed by atoms with van der Waals surface area (Å²) in [5, 5.41) is 11.5. The molecule has 0 saturated carbocycles. The molecule has 8 nitrogen and oxygen atoms in total. The van der Waals surface area contributed by atoms with Crippen molar-refractivity contribution >= 4 is 23.1 Å². The average molecular weight is 516 g/mol. The van der Waals surface area contributed by atoms with Crippen LogP contribution in [0.4, 0.5) is 5.69 Å². The second-order valence-electron chi connectivity index (χ2n) is 9.17. The van der Waals surface area contributed by atoms with Crippen LogP contribution in [0.5, 0.6) is 23.0 Å². The number of hydrogen-bond donors (Lipinski definition) is 1. The lowest BCUT2D eigenvalue weighted by molar-refractivity contribution is -0.132. The van der Waals surface area contributed by atoms with Gasteiger partial charge in [0.05, 0.1) is 32.4 Å². The van der Waals surface area contributed by atoms with Gasteiger partial charge in [-0.05, 0) is 79.6 Å². The largest absolute Gasteiger partial charge is 0.507 e. The first-order valence-corrected chi connectivity index (χ1v) is 12.4. The van der Waals surface area contributed by atoms with Crippen molar-refractivity contribution in [3.05, 3.63) is 82.9 Å². The number of Topliss-reactive ketones (excluding diaryl/α,β-unsaturated/α-hetero) is 1. The predicted octanol–water partition coefficient (Wildman–Crippen LogP) is 5.05. The molecular formula is C30H29NO7. The molecule has 0 spiro atoms. The van der Waals surface area contributed by atoms with Gasteiger partial charge in [-0.1, -0.05) is 6.07 Å². The Balaban J connectivity index is 1.68. The number of carbonyl (C=O) groups excluding carboxylic acids is 2. The Morgan fingerprint density at radius 3 is 2.42 bits per heavy atom. The van der Waals surface area contributed by atoms with E-state index < -0.39 is 17.7 Å². The maximum atomic E-state index is 13.5. The van der Waals surface area contributed by atoms with E-state index in [0.717, 1.165) is 11.3 Å². The summed E-state index contributed by atoms with van der Waals surface area (Å²) in [6.07, 6.45) is 0.718. The highest BCUT2D eigenvalue weighted by Crippen LogP contribution is 2.45. The van der Waals surface area contributed by atoms with Crippen molar-refractivity contribution in [3.63, 3.8) is 0 Å². The van der Waals surface area contributed by atoms with Crippen LogP contribution in [0, 0.1) is 0 Å². The fourth-order valence-electron chi connectivity index (χ4n) is 5.03. The number of carbonyl (C=O) groups is 2. The molecule has 2 heterocycles. The summed E-state index contributed by atoms with van der Waals surface area (Å²) in [4.78, 5) is 28.4. The van der Waals surface area contributed by atoms with Crippen molar-refractivity contribution in [1.82, 2.24) is 0 Å². The van der Waals surface area contributed by atoms with Gasteiger partial charge in [-0.15, -0.1) is 0 Å². The molecule has 1 fully saturated rings. The van der Waals surface area contributed by atoms with Gasteiger partial charge in [-0.2, -0.15) is 0 Å². The Bertz CT molecular complexity index is 1430. The van der Waals surface area contributed by atoms with Gasteiger partial charge in [0.2, 0.25) is 0 Å². The maximum Gasteiger partial charge on any atom is 0.300 e. The molecule has 1 saturated heterocycles. The van der Waals surface area contributed by atoms with Crippen molar-refractivity contribution in [2.45, 2.75) is 32.4 Å². The lowest BCUT2D eigenvalue weighted by atomic mass is 9.94. The maximum absolute atomic E-state index is 13.5. The normalized spacial score (nSPS) is 19.7. The third-order valence-corrected chi connectivity index (χ3v) is 6.76. The van der Waals surface area contributed by atoms with E-state index in [4.69, 9.17) is 18.9 Å². The number of benzene rings is 3. The van der Waals surface area contributed by atoms with Gasteiger partial charge in [-0.25, -0.2) is 0 Å². The van der Waals surface area contributed by atoms with Gasteiger partial charge < -0.3 is 24.1 Å². The molecule has 2 atom stereocenters. The number of aliphatic hydroxyl groups is 1. The Labute approximate surface area is 221 Å². The van der Waals surface area contributed by atoms with Crippen molar-refractivity contribution in [2.24, 2.45) is 0 Å². The minimum atomic E-state index is -0.906. The van der Waals surface area contributed by atoms with Crippen molar-refractivity contribution in [3.8, 4) is 23.0 Å². The van der Waals surface area contributed by atoms with E-state index in [9.17, 15) is 14.7 Å². The molecule has 0 aromatic heterocycles. The molecule has 196 valence electrons. The van der Waals surface area contributed by atoms with E-state index >= 15 is 0 Å². The van der Waals surface area contributed by atoms with Crippen LogP contribution in [0.3, 0.4) is 0 Å². The number of methoxy groups -OCH3 is 2. The summed E-state index contributed by atoms with van der Waals surface area (Å²) in [5.41, 5.74) is 2.44. The molecule has 0 aliphatic carbocycles. The number of nitrogens with zero attached hydrogens (tertiary/aromatic N) is 1. The molecule has 3 aromatic rings. The van der Waals surface area contributed by atoms with Gasteiger partial charge in [0.25, 0.3) is 11.7 Å². The van der Waals surface area contributed by atoms with Gasteiger partial charge in [0.1, 0.15) is 23.4 Å². The van der Waals surface area contributed by atoms with Gasteiger partial charge in [0, 0.05) is 17.7 Å². The number of anilines is 1. The van der Waals surface area contributed by atoms with Gasteiger partial charge >= 0.3 is 0 Å². The Morgan fingerprint density at radius 1 is 1.00 bits per heavy atom. The number of rotatable bonds is 7. The molecule has 0 radical (unpaired) electrons. The van der Waals surface area contributed by atoms with Crippen molar-refractivity contribution in [1.29, 1.82) is 0 Å². The Hall–Kier alpha value is -4.46. The zero-order valence-electron chi connectivity index (χ0n) is 21.7. The Morgan fingerprint density at radius 2 is 1.74 bits per heavy atom. The quantitative estimate of drug-likeness (QED) is 0.267. The number of ketones is 1. The fourth-order valence-corrected chi connectivity index (χ4v) is 5.03. The smallest absolute Gasteiger partial charge is 0.300 e. The number of hydrogen-bond acceptors (Lipinski definition) is 7. The third kappa shape index (κ3) is 4.32. The van der Waals surface area contributed by atoms with E-state index in [1.165, 1.54) is 19.1 Å². The summed E-state index contributed by atoms with van der Waals surface area (Å²) in [6.45, 7) is 4.36. The highest BCUT2D eigenvalue weighted by molar-refractivity contribution is 6.51. The molecule has 1 amide bonds. The number of fused-ring (bicyclic) bond motifs is 1. The lowest BCUT2D eigenvalue weighted by Crippen LogP contribution is -2.29. The summed E-state index contributed by atoms with van der Waals surface area (Å²) >= 11 is 0. The SMILES string of the molecule is CCOc1ccc(N2C(=O)C(=O)/C(=C(/O)c3ccc4c(c3)CC(C)O4)C2c2ccc(OC)c(OC)c2)cc1. The van der Waals surface area contributed by atoms with Crippen LogP contribution in [0.2, 0.25) is 0 Å². The van der Waals surface area contributed by atoms with E-state index in [-0.39, 0.29) is 17.4 Å². The first kappa shape index (κ1) is 25.2. The predicted molar refractivity (Wildman–Crippen MR) is 142 cm³/mol. The standard InChI is InChI=1S/C30H29NO7/c1-5-37-22-10-8-21(9-11-22)31-27(18-6-13-24(35-3)25(16-18)36-4)26(29(33)30(31)34)28(32)19-7-12-23-20(15-19)14-17(2)38-23/h6-13,15-17,27,32H,5,14H2,1-4H3/b28-26+. The van der Waals surface area contributed by atoms with E-state index in [2.05, 4.69) is 0 Å². The minimum absolute atomic E-state index is 0.0111. The highest BCUT2D eigenvalue weighted by Gasteiger charge is 2.47. The molecule has 8 heteroatoms. The summed E-state index contributed by atoms with van der Waals surface area (Å²) in [7, 11) is 3.04. The monoisotopic (exact) mass is 515 g/mol. The average Bonchev–Trinajstić information content (AvgIpc) is 3.43. The highest BCUT2D eigenvalue weighted by atomic mass is 16.5. The third-order valence-electron chi connectivity index (χ3n) is 6.76. The van der Waals surface area contributed by atoms with Crippen LogP contribution in [0.15, 0.2) is 66.2 Å². The molecule has 38 heavy (non-hydrogen) atoms. The number of amides is 1. The topological polar surface area (TPSA) is 94.5 Å². The molecule has 1 N–H and O–H groups in total. The first-order valence-electron chi connectivity index (χ1n) is 12.4. The summed E-state index contributed by atoms with van der Waals surface area (Å²) in [6, 6.07) is 16.5. The van der Waals surface area contributed by atoms with E-state index in [0.29, 0.717) is 47.1 Å². The zero-order chi connectivity index (χ0) is 27.0. The van der Waals surface area contributed by atoms with Crippen molar-refractivity contribution < 1.29 is 33.6 Å². The Kier molecular flexibility index (Phi) is 6.72. The number of aliphatic hydroxyl groups excluding tert-OH is 1. The molecule has 2 aliphatic rings. The zero-order valence-corrected chi connectivity index (χ0v) is 21.7. The molecule has 2 aliphatic heterocycles. The molecular weight excluding hydrogens is 486 g/mol.